The maximum atomic E-state index is 13.8. The van der Waals surface area contributed by atoms with E-state index in [-0.39, 0.29) is 11.9 Å². The topological polar surface area (TPSA) is 41.6 Å². The predicted molar refractivity (Wildman–Crippen MR) is 73.3 cm³/mol. The van der Waals surface area contributed by atoms with E-state index in [2.05, 4.69) is 11.9 Å². The molecule has 1 heterocycles. The summed E-state index contributed by atoms with van der Waals surface area (Å²) in [7, 11) is 0. The normalized spacial score (nSPS) is 19.1. The van der Waals surface area contributed by atoms with Crippen LogP contribution >= 0.6 is 0 Å². The summed E-state index contributed by atoms with van der Waals surface area (Å²) in [5.74, 6) is 0.194. The lowest BCUT2D eigenvalue weighted by Gasteiger charge is -2.26. The van der Waals surface area contributed by atoms with E-state index in [1.165, 1.54) is 18.9 Å². The van der Waals surface area contributed by atoms with Crippen LogP contribution < -0.4 is 10.6 Å². The molecule has 0 fully saturated rings. The van der Waals surface area contributed by atoms with Crippen LogP contribution in [-0.2, 0) is 0 Å². The molecule has 2 N–H and O–H groups in total. The van der Waals surface area contributed by atoms with Crippen molar-refractivity contribution < 1.29 is 4.39 Å². The van der Waals surface area contributed by atoms with E-state index in [9.17, 15) is 4.39 Å². The first-order valence-electron chi connectivity index (χ1n) is 6.57. The zero-order valence-corrected chi connectivity index (χ0v) is 10.8. The molecular weight excluding hydrogens is 229 g/mol. The summed E-state index contributed by atoms with van der Waals surface area (Å²) in [6.45, 7) is 2.85. The van der Waals surface area contributed by atoms with Crippen LogP contribution in [0.5, 0.6) is 0 Å². The molecule has 1 aromatic rings. The molecule has 3 nitrogen and oxygen atoms in total. The van der Waals surface area contributed by atoms with Gasteiger partial charge in [-0.3, -0.25) is 4.99 Å². The number of hydrogen-bond donors (Lipinski definition) is 1. The van der Waals surface area contributed by atoms with Crippen molar-refractivity contribution in [2.75, 3.05) is 11.4 Å². The first-order valence-corrected chi connectivity index (χ1v) is 6.57. The van der Waals surface area contributed by atoms with E-state index in [0.717, 1.165) is 12.8 Å². The summed E-state index contributed by atoms with van der Waals surface area (Å²) >= 11 is 0. The fourth-order valence-electron chi connectivity index (χ4n) is 2.36. The van der Waals surface area contributed by atoms with Gasteiger partial charge >= 0.3 is 0 Å². The Morgan fingerprint density at radius 3 is 2.89 bits per heavy atom. The molecule has 4 heteroatoms. The number of guanidine groups is 1. The molecule has 2 rings (SSSR count). The molecule has 1 unspecified atom stereocenters. The lowest BCUT2D eigenvalue weighted by Crippen LogP contribution is -2.41. The van der Waals surface area contributed by atoms with E-state index in [1.54, 1.807) is 12.1 Å². The molecule has 1 aromatic carbocycles. The average Bonchev–Trinajstić information content (AvgIpc) is 2.72. The number of hydrogen-bond acceptors (Lipinski definition) is 3. The zero-order chi connectivity index (χ0) is 13.0. The van der Waals surface area contributed by atoms with Gasteiger partial charge in [-0.05, 0) is 18.6 Å². The molecule has 0 amide bonds. The van der Waals surface area contributed by atoms with E-state index in [4.69, 9.17) is 5.73 Å². The molecule has 18 heavy (non-hydrogen) atoms. The Balaban J connectivity index is 2.12. The van der Waals surface area contributed by atoms with Crippen molar-refractivity contribution in [1.82, 2.24) is 0 Å². The fourth-order valence-corrected chi connectivity index (χ4v) is 2.36. The third-order valence-corrected chi connectivity index (χ3v) is 3.33. The molecule has 0 aliphatic carbocycles. The Kier molecular flexibility index (Phi) is 4.18. The van der Waals surface area contributed by atoms with Crippen LogP contribution in [-0.4, -0.2) is 18.5 Å². The quantitative estimate of drug-likeness (QED) is 0.815. The highest BCUT2D eigenvalue weighted by atomic mass is 19.1. The van der Waals surface area contributed by atoms with Crippen molar-refractivity contribution in [3.05, 3.63) is 30.1 Å². The van der Waals surface area contributed by atoms with Crippen LogP contribution in [0.3, 0.4) is 0 Å². The second-order valence-corrected chi connectivity index (χ2v) is 4.67. The summed E-state index contributed by atoms with van der Waals surface area (Å²) in [5.41, 5.74) is 6.42. The number of unbranched alkanes of at least 4 members (excludes halogenated alkanes) is 2. The second-order valence-electron chi connectivity index (χ2n) is 4.67. The Morgan fingerprint density at radius 1 is 1.39 bits per heavy atom. The predicted octanol–water partition coefficient (Wildman–Crippen LogP) is 2.91. The van der Waals surface area contributed by atoms with Gasteiger partial charge in [-0.25, -0.2) is 4.39 Å². The van der Waals surface area contributed by atoms with E-state index in [1.807, 2.05) is 11.0 Å². The number of halogens is 1. The average molecular weight is 249 g/mol. The molecule has 0 saturated carbocycles. The second kappa shape index (κ2) is 5.85. The van der Waals surface area contributed by atoms with E-state index < -0.39 is 0 Å². The first kappa shape index (κ1) is 12.9. The van der Waals surface area contributed by atoms with Crippen LogP contribution in [0, 0.1) is 5.82 Å². The molecule has 1 aliphatic heterocycles. The number of para-hydroxylation sites is 1. The van der Waals surface area contributed by atoms with E-state index in [0.29, 0.717) is 18.2 Å². The maximum Gasteiger partial charge on any atom is 0.196 e. The van der Waals surface area contributed by atoms with Crippen LogP contribution in [0.1, 0.15) is 32.6 Å². The lowest BCUT2D eigenvalue weighted by atomic mass is 10.1. The summed E-state index contributed by atoms with van der Waals surface area (Å²) in [5, 5.41) is 0. The minimum Gasteiger partial charge on any atom is -0.370 e. The van der Waals surface area contributed by atoms with Crippen molar-refractivity contribution >= 4 is 11.6 Å². The van der Waals surface area contributed by atoms with Gasteiger partial charge in [0.25, 0.3) is 0 Å². The number of nitrogens with two attached hydrogens (primary N) is 1. The van der Waals surface area contributed by atoms with Gasteiger partial charge in [0.15, 0.2) is 5.96 Å². The minimum atomic E-state index is -0.238. The van der Waals surface area contributed by atoms with Gasteiger partial charge in [0.05, 0.1) is 18.3 Å². The number of rotatable bonds is 5. The summed E-state index contributed by atoms with van der Waals surface area (Å²) in [6.07, 6.45) is 4.52. The van der Waals surface area contributed by atoms with Crippen molar-refractivity contribution in [3.8, 4) is 0 Å². The third-order valence-electron chi connectivity index (χ3n) is 3.33. The Labute approximate surface area is 108 Å². The highest BCUT2D eigenvalue weighted by molar-refractivity contribution is 5.97. The molecule has 1 atom stereocenters. The molecule has 0 bridgehead atoms. The Hall–Kier alpha value is -1.58. The monoisotopic (exact) mass is 249 g/mol. The maximum absolute atomic E-state index is 13.8. The SMILES string of the molecule is CCCCCC1CN=C(N)N1c1ccccc1F. The van der Waals surface area contributed by atoms with Crippen LogP contribution in [0.25, 0.3) is 0 Å². The zero-order valence-electron chi connectivity index (χ0n) is 10.8. The first-order chi connectivity index (χ1) is 8.74. The molecule has 1 aliphatic rings. The van der Waals surface area contributed by atoms with Gasteiger partial charge in [0.2, 0.25) is 0 Å². The fraction of sp³-hybridized carbons (Fsp3) is 0.500. The Bertz CT molecular complexity index is 431. The van der Waals surface area contributed by atoms with Gasteiger partial charge in [-0.2, -0.15) is 0 Å². The highest BCUT2D eigenvalue weighted by Gasteiger charge is 2.28. The highest BCUT2D eigenvalue weighted by Crippen LogP contribution is 2.26. The van der Waals surface area contributed by atoms with Crippen molar-refractivity contribution in [2.45, 2.75) is 38.6 Å². The Morgan fingerprint density at radius 2 is 2.17 bits per heavy atom. The molecule has 0 radical (unpaired) electrons. The van der Waals surface area contributed by atoms with Gasteiger partial charge in [0, 0.05) is 0 Å². The molecule has 0 spiro atoms. The minimum absolute atomic E-state index is 0.202. The molecule has 98 valence electrons. The molecule has 0 aromatic heterocycles. The summed E-state index contributed by atoms with van der Waals surface area (Å²) < 4.78 is 13.8. The molecular formula is C14H20FN3. The summed E-state index contributed by atoms with van der Waals surface area (Å²) in [4.78, 5) is 6.09. The smallest absolute Gasteiger partial charge is 0.196 e. The van der Waals surface area contributed by atoms with Gasteiger partial charge in [0.1, 0.15) is 5.82 Å². The van der Waals surface area contributed by atoms with Crippen molar-refractivity contribution in [2.24, 2.45) is 10.7 Å². The van der Waals surface area contributed by atoms with Crippen LogP contribution in [0.4, 0.5) is 10.1 Å². The number of benzene rings is 1. The largest absolute Gasteiger partial charge is 0.370 e. The van der Waals surface area contributed by atoms with Crippen LogP contribution in [0.15, 0.2) is 29.3 Å². The standard InChI is InChI=1S/C14H20FN3/c1-2-3-4-7-11-10-17-14(16)18(11)13-9-6-5-8-12(13)15/h5-6,8-9,11H,2-4,7,10H2,1H3,(H2,16,17). The number of nitrogens with zero attached hydrogens (tertiary/aromatic N) is 2. The van der Waals surface area contributed by atoms with Gasteiger partial charge in [-0.15, -0.1) is 0 Å². The molecule has 0 saturated heterocycles. The number of anilines is 1. The van der Waals surface area contributed by atoms with Gasteiger partial charge < -0.3 is 10.6 Å². The summed E-state index contributed by atoms with van der Waals surface area (Å²) in [6, 6.07) is 6.94. The third kappa shape index (κ3) is 2.63. The lowest BCUT2D eigenvalue weighted by molar-refractivity contribution is 0.567. The number of aliphatic imine (C=N–C) groups is 1. The van der Waals surface area contributed by atoms with Crippen molar-refractivity contribution in [1.29, 1.82) is 0 Å². The van der Waals surface area contributed by atoms with Crippen LogP contribution in [0.2, 0.25) is 0 Å². The van der Waals surface area contributed by atoms with Crippen molar-refractivity contribution in [3.63, 3.8) is 0 Å². The van der Waals surface area contributed by atoms with E-state index >= 15 is 0 Å². The van der Waals surface area contributed by atoms with Gasteiger partial charge in [-0.1, -0.05) is 38.3 Å².